The summed E-state index contributed by atoms with van der Waals surface area (Å²) in [7, 11) is -3.21. The first kappa shape index (κ1) is 15.9. The third-order valence-electron chi connectivity index (χ3n) is 4.14. The average molecular weight is 339 g/mol. The third kappa shape index (κ3) is 3.20. The summed E-state index contributed by atoms with van der Waals surface area (Å²) >= 11 is 0. The predicted molar refractivity (Wildman–Crippen MR) is 82.5 cm³/mol. The van der Waals surface area contributed by atoms with Crippen molar-refractivity contribution < 1.29 is 18.1 Å². The van der Waals surface area contributed by atoms with Crippen molar-refractivity contribution in [2.75, 3.05) is 26.2 Å². The van der Waals surface area contributed by atoms with Gasteiger partial charge in [0.05, 0.1) is 10.2 Å². The Kier molecular flexibility index (Phi) is 4.07. The SMILES string of the molecule is O=C(c1cccc([N+](=O)[O-])c1)N1CCN(S(=O)(=O)C2CC2)CC1. The topological polar surface area (TPSA) is 101 Å². The van der Waals surface area contributed by atoms with Crippen LogP contribution in [0, 0.1) is 10.1 Å². The molecule has 1 aromatic rings. The minimum atomic E-state index is -3.21. The molecule has 2 aliphatic rings. The van der Waals surface area contributed by atoms with Gasteiger partial charge in [0.2, 0.25) is 10.0 Å². The minimum absolute atomic E-state index is 0.134. The molecule has 2 fully saturated rings. The van der Waals surface area contributed by atoms with Gasteiger partial charge < -0.3 is 4.90 Å². The van der Waals surface area contributed by atoms with Crippen LogP contribution in [0.25, 0.3) is 0 Å². The van der Waals surface area contributed by atoms with Crippen LogP contribution >= 0.6 is 0 Å². The first-order valence-corrected chi connectivity index (χ1v) is 8.92. The zero-order valence-electron chi connectivity index (χ0n) is 12.4. The molecule has 124 valence electrons. The molecule has 3 rings (SSSR count). The number of nitro groups is 1. The van der Waals surface area contributed by atoms with Crippen LogP contribution in [0.3, 0.4) is 0 Å². The number of hydrogen-bond donors (Lipinski definition) is 0. The van der Waals surface area contributed by atoms with Crippen molar-refractivity contribution in [2.24, 2.45) is 0 Å². The monoisotopic (exact) mass is 339 g/mol. The Morgan fingerprint density at radius 3 is 2.39 bits per heavy atom. The Morgan fingerprint density at radius 2 is 1.83 bits per heavy atom. The number of carbonyl (C=O) groups is 1. The molecular formula is C14H17N3O5S. The van der Waals surface area contributed by atoms with Crippen molar-refractivity contribution in [3.8, 4) is 0 Å². The van der Waals surface area contributed by atoms with Crippen molar-refractivity contribution in [2.45, 2.75) is 18.1 Å². The molecule has 8 nitrogen and oxygen atoms in total. The van der Waals surface area contributed by atoms with E-state index in [0.717, 1.165) is 12.8 Å². The highest BCUT2D eigenvalue weighted by Gasteiger charge is 2.41. The lowest BCUT2D eigenvalue weighted by Crippen LogP contribution is -2.51. The van der Waals surface area contributed by atoms with Crippen LogP contribution in [-0.4, -0.2) is 59.9 Å². The molecule has 0 spiro atoms. The van der Waals surface area contributed by atoms with E-state index in [9.17, 15) is 23.3 Å². The van der Waals surface area contributed by atoms with E-state index in [4.69, 9.17) is 0 Å². The molecule has 1 saturated carbocycles. The fraction of sp³-hybridized carbons (Fsp3) is 0.500. The summed E-state index contributed by atoms with van der Waals surface area (Å²) in [5.41, 5.74) is 0.114. The second-order valence-corrected chi connectivity index (χ2v) is 7.96. The van der Waals surface area contributed by atoms with E-state index in [1.54, 1.807) is 0 Å². The second-order valence-electron chi connectivity index (χ2n) is 5.74. The Bertz CT molecular complexity index is 737. The van der Waals surface area contributed by atoms with Crippen LogP contribution in [0.2, 0.25) is 0 Å². The van der Waals surface area contributed by atoms with Gasteiger partial charge in [0.15, 0.2) is 0 Å². The van der Waals surface area contributed by atoms with Crippen LogP contribution in [0.5, 0.6) is 0 Å². The first-order chi connectivity index (χ1) is 10.9. The summed E-state index contributed by atoms with van der Waals surface area (Å²) in [6, 6.07) is 5.58. The maximum absolute atomic E-state index is 12.4. The summed E-state index contributed by atoms with van der Waals surface area (Å²) in [5.74, 6) is -0.308. The van der Waals surface area contributed by atoms with E-state index >= 15 is 0 Å². The van der Waals surface area contributed by atoms with Crippen LogP contribution in [0.1, 0.15) is 23.2 Å². The van der Waals surface area contributed by atoms with Gasteiger partial charge in [-0.2, -0.15) is 4.31 Å². The van der Waals surface area contributed by atoms with Gasteiger partial charge in [-0.25, -0.2) is 8.42 Å². The predicted octanol–water partition coefficient (Wildman–Crippen LogP) is 0.845. The Morgan fingerprint density at radius 1 is 1.17 bits per heavy atom. The Hall–Kier alpha value is -2.00. The van der Waals surface area contributed by atoms with E-state index in [2.05, 4.69) is 0 Å². The number of nitro benzene ring substituents is 1. The van der Waals surface area contributed by atoms with E-state index in [1.807, 2.05) is 0 Å². The van der Waals surface area contributed by atoms with Gasteiger partial charge in [0.25, 0.3) is 11.6 Å². The summed E-state index contributed by atoms with van der Waals surface area (Å²) < 4.78 is 25.8. The van der Waals surface area contributed by atoms with Gasteiger partial charge in [-0.15, -0.1) is 0 Å². The molecule has 9 heteroatoms. The van der Waals surface area contributed by atoms with E-state index in [-0.39, 0.29) is 35.5 Å². The van der Waals surface area contributed by atoms with Gasteiger partial charge in [0, 0.05) is 43.9 Å². The quantitative estimate of drug-likeness (QED) is 0.598. The number of non-ortho nitro benzene ring substituents is 1. The molecule has 0 bridgehead atoms. The maximum Gasteiger partial charge on any atom is 0.270 e. The smallest absolute Gasteiger partial charge is 0.270 e. The molecule has 1 aromatic carbocycles. The minimum Gasteiger partial charge on any atom is -0.336 e. The maximum atomic E-state index is 12.4. The number of sulfonamides is 1. The van der Waals surface area contributed by atoms with Crippen LogP contribution in [-0.2, 0) is 10.0 Å². The highest BCUT2D eigenvalue weighted by Crippen LogP contribution is 2.31. The molecule has 1 amide bonds. The summed E-state index contributed by atoms with van der Waals surface area (Å²) in [6.07, 6.45) is 1.43. The standard InChI is InChI=1S/C14H17N3O5S/c18-14(11-2-1-3-12(10-11)17(19)20)15-6-8-16(9-7-15)23(21,22)13-4-5-13/h1-3,10,13H,4-9H2. The summed E-state index contributed by atoms with van der Waals surface area (Å²) in [5, 5.41) is 10.5. The van der Waals surface area contributed by atoms with Gasteiger partial charge in [-0.05, 0) is 18.9 Å². The van der Waals surface area contributed by atoms with E-state index < -0.39 is 14.9 Å². The number of nitrogens with zero attached hydrogens (tertiary/aromatic N) is 3. The molecule has 0 radical (unpaired) electrons. The fourth-order valence-corrected chi connectivity index (χ4v) is 4.48. The van der Waals surface area contributed by atoms with Crippen molar-refractivity contribution in [1.82, 2.24) is 9.21 Å². The zero-order chi connectivity index (χ0) is 16.6. The second kappa shape index (κ2) is 5.89. The molecule has 1 aliphatic carbocycles. The number of piperazine rings is 1. The lowest BCUT2D eigenvalue weighted by atomic mass is 10.1. The molecule has 0 aromatic heterocycles. The molecule has 1 saturated heterocycles. The first-order valence-electron chi connectivity index (χ1n) is 7.42. The Labute approximate surface area is 133 Å². The van der Waals surface area contributed by atoms with Crippen LogP contribution in [0.15, 0.2) is 24.3 Å². The summed E-state index contributed by atoms with van der Waals surface area (Å²) in [4.78, 5) is 24.2. The average Bonchev–Trinajstić information content (AvgIpc) is 3.40. The number of carbonyl (C=O) groups excluding carboxylic acids is 1. The zero-order valence-corrected chi connectivity index (χ0v) is 13.2. The fourth-order valence-electron chi connectivity index (χ4n) is 2.66. The molecule has 1 heterocycles. The lowest BCUT2D eigenvalue weighted by molar-refractivity contribution is -0.384. The molecule has 1 aliphatic heterocycles. The molecule has 23 heavy (non-hydrogen) atoms. The Balaban J connectivity index is 1.66. The third-order valence-corrected chi connectivity index (χ3v) is 6.53. The lowest BCUT2D eigenvalue weighted by Gasteiger charge is -2.34. The largest absolute Gasteiger partial charge is 0.336 e. The van der Waals surface area contributed by atoms with Gasteiger partial charge >= 0.3 is 0 Å². The number of rotatable bonds is 4. The number of amides is 1. The number of hydrogen-bond acceptors (Lipinski definition) is 5. The van der Waals surface area contributed by atoms with Crippen LogP contribution in [0.4, 0.5) is 5.69 Å². The van der Waals surface area contributed by atoms with Crippen LogP contribution < -0.4 is 0 Å². The highest BCUT2D eigenvalue weighted by atomic mass is 32.2. The van der Waals surface area contributed by atoms with Gasteiger partial charge in [-0.3, -0.25) is 14.9 Å². The van der Waals surface area contributed by atoms with Gasteiger partial charge in [0.1, 0.15) is 0 Å². The highest BCUT2D eigenvalue weighted by molar-refractivity contribution is 7.90. The molecule has 0 atom stereocenters. The van der Waals surface area contributed by atoms with E-state index in [1.165, 1.54) is 33.5 Å². The van der Waals surface area contributed by atoms with Gasteiger partial charge in [-0.1, -0.05) is 6.07 Å². The molecular weight excluding hydrogens is 322 g/mol. The van der Waals surface area contributed by atoms with E-state index in [0.29, 0.717) is 13.1 Å². The normalized spacial score (nSPS) is 19.6. The molecule has 0 N–H and O–H groups in total. The molecule has 0 unspecified atom stereocenters. The van der Waals surface area contributed by atoms with Crippen molar-refractivity contribution in [3.63, 3.8) is 0 Å². The summed E-state index contributed by atoms with van der Waals surface area (Å²) in [6.45, 7) is 1.15. The van der Waals surface area contributed by atoms with Crippen molar-refractivity contribution in [1.29, 1.82) is 0 Å². The van der Waals surface area contributed by atoms with Crippen molar-refractivity contribution >= 4 is 21.6 Å². The van der Waals surface area contributed by atoms with Crippen molar-refractivity contribution in [3.05, 3.63) is 39.9 Å². The number of benzene rings is 1.